The largest absolute Gasteiger partial charge is 0.341 e. The van der Waals surface area contributed by atoms with E-state index in [1.807, 2.05) is 21.6 Å². The van der Waals surface area contributed by atoms with E-state index in [2.05, 4.69) is 53.3 Å². The Kier molecular flexibility index (Phi) is 3.41. The number of benzene rings is 1. The van der Waals surface area contributed by atoms with Gasteiger partial charge >= 0.3 is 0 Å². The van der Waals surface area contributed by atoms with Gasteiger partial charge in [-0.15, -0.1) is 10.2 Å². The Morgan fingerprint density at radius 1 is 1.10 bits per heavy atom. The van der Waals surface area contributed by atoms with Gasteiger partial charge in [-0.1, -0.05) is 31.0 Å². The number of carbonyl (C=O) groups is 1. The minimum atomic E-state index is -0.372. The third-order valence-corrected chi connectivity index (χ3v) is 7.10. The molecule has 1 amide bonds. The summed E-state index contributed by atoms with van der Waals surface area (Å²) in [4.78, 5) is 18.0. The van der Waals surface area contributed by atoms with Crippen molar-refractivity contribution in [3.63, 3.8) is 0 Å². The summed E-state index contributed by atoms with van der Waals surface area (Å²) in [5, 5.41) is 9.06. The SMILES string of the molecule is Cc1ccn2c(N(C)C3CC3)nnc2c1N1C(=O)C2(CCCC2)c2ccccc21. The molecule has 2 saturated carbocycles. The second kappa shape index (κ2) is 5.81. The standard InChI is InChI=1S/C23H25N5O/c1-15-11-14-27-20(24-25-22(27)26(2)16-9-10-16)19(15)28-18-8-4-3-7-17(18)23(21(28)29)12-5-6-13-23/h3-4,7-8,11,14,16H,5-6,9-10,12-13H2,1-2H3. The molecule has 6 nitrogen and oxygen atoms in total. The van der Waals surface area contributed by atoms with Gasteiger partial charge in [0, 0.05) is 19.3 Å². The molecule has 3 heterocycles. The monoisotopic (exact) mass is 387 g/mol. The molecule has 6 heteroatoms. The highest BCUT2D eigenvalue weighted by Crippen LogP contribution is 2.54. The van der Waals surface area contributed by atoms with E-state index in [9.17, 15) is 4.79 Å². The highest BCUT2D eigenvalue weighted by molar-refractivity contribution is 6.15. The van der Waals surface area contributed by atoms with Gasteiger partial charge in [-0.25, -0.2) is 0 Å². The number of rotatable bonds is 3. The molecule has 1 aliphatic heterocycles. The fourth-order valence-electron chi connectivity index (χ4n) is 5.36. The Morgan fingerprint density at radius 2 is 1.86 bits per heavy atom. The first-order valence-electron chi connectivity index (χ1n) is 10.6. The topological polar surface area (TPSA) is 53.7 Å². The molecule has 2 aromatic heterocycles. The number of hydrogen-bond donors (Lipinski definition) is 0. The van der Waals surface area contributed by atoms with E-state index in [0.29, 0.717) is 6.04 Å². The van der Waals surface area contributed by atoms with Gasteiger partial charge in [-0.2, -0.15) is 0 Å². The van der Waals surface area contributed by atoms with Gasteiger partial charge in [0.2, 0.25) is 11.9 Å². The van der Waals surface area contributed by atoms with Crippen LogP contribution >= 0.6 is 0 Å². The van der Waals surface area contributed by atoms with Crippen molar-refractivity contribution < 1.29 is 4.79 Å². The van der Waals surface area contributed by atoms with Gasteiger partial charge in [-0.3, -0.25) is 14.1 Å². The zero-order chi connectivity index (χ0) is 19.8. The summed E-state index contributed by atoms with van der Waals surface area (Å²) in [5.41, 5.74) is 4.49. The van der Waals surface area contributed by atoms with Gasteiger partial charge in [0.25, 0.3) is 0 Å². The molecule has 3 aromatic rings. The maximum atomic E-state index is 13.9. The minimum Gasteiger partial charge on any atom is -0.341 e. The van der Waals surface area contributed by atoms with Gasteiger partial charge < -0.3 is 4.90 Å². The summed E-state index contributed by atoms with van der Waals surface area (Å²) in [5.74, 6) is 1.05. The predicted octanol–water partition coefficient (Wildman–Crippen LogP) is 4.13. The molecule has 0 atom stereocenters. The molecule has 0 saturated heterocycles. The van der Waals surface area contributed by atoms with Crippen molar-refractivity contribution in [2.45, 2.75) is 56.9 Å². The lowest BCUT2D eigenvalue weighted by Crippen LogP contribution is -2.36. The zero-order valence-electron chi connectivity index (χ0n) is 16.9. The average molecular weight is 387 g/mol. The molecule has 29 heavy (non-hydrogen) atoms. The fourth-order valence-corrected chi connectivity index (χ4v) is 5.36. The van der Waals surface area contributed by atoms with Crippen molar-refractivity contribution in [1.82, 2.24) is 14.6 Å². The van der Waals surface area contributed by atoms with Crippen LogP contribution in [0.3, 0.4) is 0 Å². The summed E-state index contributed by atoms with van der Waals surface area (Å²) >= 11 is 0. The number of pyridine rings is 1. The van der Waals surface area contributed by atoms with E-state index in [4.69, 9.17) is 0 Å². The van der Waals surface area contributed by atoms with Crippen LogP contribution in [0.1, 0.15) is 49.7 Å². The molecular formula is C23H25N5O. The van der Waals surface area contributed by atoms with Crippen molar-refractivity contribution in [2.24, 2.45) is 0 Å². The molecule has 1 aromatic carbocycles. The Labute approximate surface area is 170 Å². The number of hydrogen-bond acceptors (Lipinski definition) is 4. The molecule has 6 rings (SSSR count). The van der Waals surface area contributed by atoms with Gasteiger partial charge in [0.1, 0.15) is 0 Å². The van der Waals surface area contributed by atoms with Crippen molar-refractivity contribution in [3.8, 4) is 0 Å². The molecule has 3 aliphatic rings. The number of nitrogens with zero attached hydrogens (tertiary/aromatic N) is 5. The van der Waals surface area contributed by atoms with E-state index in [1.165, 1.54) is 18.4 Å². The number of para-hydroxylation sites is 1. The minimum absolute atomic E-state index is 0.201. The summed E-state index contributed by atoms with van der Waals surface area (Å²) in [7, 11) is 2.08. The number of carbonyl (C=O) groups excluding carboxylic acids is 1. The van der Waals surface area contributed by atoms with Gasteiger partial charge in [-0.05, 0) is 55.9 Å². The zero-order valence-corrected chi connectivity index (χ0v) is 16.9. The number of aromatic nitrogens is 3. The quantitative estimate of drug-likeness (QED) is 0.678. The van der Waals surface area contributed by atoms with Crippen LogP contribution in [0.2, 0.25) is 0 Å². The normalized spacial score (nSPS) is 20.1. The second-order valence-electron chi connectivity index (χ2n) is 8.83. The molecule has 0 unspecified atom stereocenters. The summed E-state index contributed by atoms with van der Waals surface area (Å²) in [6.45, 7) is 2.06. The Morgan fingerprint density at radius 3 is 2.62 bits per heavy atom. The maximum Gasteiger partial charge on any atom is 0.242 e. The molecule has 2 fully saturated rings. The van der Waals surface area contributed by atoms with Gasteiger partial charge in [0.05, 0.1) is 16.8 Å². The average Bonchev–Trinajstić information content (AvgIpc) is 3.23. The molecule has 0 bridgehead atoms. The van der Waals surface area contributed by atoms with Crippen molar-refractivity contribution in [3.05, 3.63) is 47.7 Å². The van der Waals surface area contributed by atoms with Crippen LogP contribution in [0.25, 0.3) is 5.65 Å². The highest BCUT2D eigenvalue weighted by Gasteiger charge is 2.53. The van der Waals surface area contributed by atoms with Crippen LogP contribution in [0.15, 0.2) is 36.5 Å². The lowest BCUT2D eigenvalue weighted by molar-refractivity contribution is -0.122. The third kappa shape index (κ3) is 2.20. The molecule has 1 spiro atoms. The summed E-state index contributed by atoms with van der Waals surface area (Å²) in [6.07, 6.45) is 8.51. The Balaban J connectivity index is 1.57. The predicted molar refractivity (Wildman–Crippen MR) is 113 cm³/mol. The molecule has 0 N–H and O–H groups in total. The molecule has 2 aliphatic carbocycles. The lowest BCUT2D eigenvalue weighted by atomic mass is 9.80. The van der Waals surface area contributed by atoms with Crippen LogP contribution in [0.4, 0.5) is 17.3 Å². The van der Waals surface area contributed by atoms with E-state index >= 15 is 0 Å². The maximum absolute atomic E-state index is 13.9. The van der Waals surface area contributed by atoms with Crippen LogP contribution in [0, 0.1) is 6.92 Å². The highest BCUT2D eigenvalue weighted by atomic mass is 16.2. The number of anilines is 3. The Hall–Kier alpha value is -2.89. The van der Waals surface area contributed by atoms with Crippen molar-refractivity contribution in [1.29, 1.82) is 0 Å². The fraction of sp³-hybridized carbons (Fsp3) is 0.435. The van der Waals surface area contributed by atoms with Crippen LogP contribution in [-0.2, 0) is 10.2 Å². The van der Waals surface area contributed by atoms with Crippen LogP contribution in [0.5, 0.6) is 0 Å². The number of aryl methyl sites for hydroxylation is 1. The van der Waals surface area contributed by atoms with Crippen molar-refractivity contribution in [2.75, 3.05) is 16.8 Å². The van der Waals surface area contributed by atoms with Gasteiger partial charge in [0.15, 0.2) is 5.65 Å². The summed E-state index contributed by atoms with van der Waals surface area (Å²) in [6, 6.07) is 10.9. The number of fused-ring (bicyclic) bond motifs is 3. The van der Waals surface area contributed by atoms with E-state index in [0.717, 1.165) is 54.2 Å². The van der Waals surface area contributed by atoms with E-state index < -0.39 is 0 Å². The smallest absolute Gasteiger partial charge is 0.242 e. The van der Waals surface area contributed by atoms with Crippen LogP contribution in [-0.4, -0.2) is 33.6 Å². The molecule has 0 radical (unpaired) electrons. The lowest BCUT2D eigenvalue weighted by Gasteiger charge is -2.25. The number of amides is 1. The first-order valence-corrected chi connectivity index (χ1v) is 10.6. The third-order valence-electron chi connectivity index (χ3n) is 7.10. The van der Waals surface area contributed by atoms with Crippen LogP contribution < -0.4 is 9.80 Å². The second-order valence-corrected chi connectivity index (χ2v) is 8.83. The first-order chi connectivity index (χ1) is 14.1. The Bertz CT molecular complexity index is 1140. The van der Waals surface area contributed by atoms with Crippen molar-refractivity contribution >= 4 is 28.9 Å². The molecule has 148 valence electrons. The summed E-state index contributed by atoms with van der Waals surface area (Å²) < 4.78 is 2.04. The van der Waals surface area contributed by atoms with E-state index in [1.54, 1.807) is 0 Å². The first kappa shape index (κ1) is 17.0. The molecular weight excluding hydrogens is 362 g/mol. The van der Waals surface area contributed by atoms with E-state index in [-0.39, 0.29) is 11.3 Å².